The van der Waals surface area contributed by atoms with Crippen LogP contribution in [0.1, 0.15) is 27.2 Å². The van der Waals surface area contributed by atoms with Gasteiger partial charge in [0.2, 0.25) is 5.91 Å². The maximum atomic E-state index is 11.3. The third-order valence-electron chi connectivity index (χ3n) is 2.18. The Bertz CT molecular complexity index is 326. The first kappa shape index (κ1) is 10.7. The summed E-state index contributed by atoms with van der Waals surface area (Å²) >= 11 is 0. The lowest BCUT2D eigenvalue weighted by molar-refractivity contribution is -0.118. The minimum absolute atomic E-state index is 0.0324. The lowest BCUT2D eigenvalue weighted by Crippen LogP contribution is -2.23. The van der Waals surface area contributed by atoms with Crippen LogP contribution in [0.5, 0.6) is 0 Å². The number of carbonyl (C=O) groups is 2. The van der Waals surface area contributed by atoms with Crippen LogP contribution in [0.15, 0.2) is 23.4 Å². The third kappa shape index (κ3) is 2.55. The summed E-state index contributed by atoms with van der Waals surface area (Å²) in [6.07, 6.45) is 4.52. The summed E-state index contributed by atoms with van der Waals surface area (Å²) in [5, 5.41) is 2.67. The van der Waals surface area contributed by atoms with Crippen molar-refractivity contribution >= 4 is 11.7 Å². The van der Waals surface area contributed by atoms with Crippen molar-refractivity contribution < 1.29 is 9.59 Å². The van der Waals surface area contributed by atoms with Gasteiger partial charge in [0.05, 0.1) is 0 Å². The van der Waals surface area contributed by atoms with Crippen LogP contribution in [-0.4, -0.2) is 11.7 Å². The minimum atomic E-state index is -0.141. The van der Waals surface area contributed by atoms with Crippen molar-refractivity contribution in [2.24, 2.45) is 5.92 Å². The Kier molecular flexibility index (Phi) is 3.23. The Balaban J connectivity index is 2.95. The summed E-state index contributed by atoms with van der Waals surface area (Å²) in [6, 6.07) is 0. The molecule has 1 atom stereocenters. The summed E-state index contributed by atoms with van der Waals surface area (Å²) in [5.74, 6) is 0.259. The van der Waals surface area contributed by atoms with Crippen LogP contribution in [0.3, 0.4) is 0 Å². The molecule has 0 saturated heterocycles. The first-order valence-electron chi connectivity index (χ1n) is 4.70. The zero-order chi connectivity index (χ0) is 10.7. The van der Waals surface area contributed by atoms with E-state index in [0.717, 1.165) is 5.57 Å². The Morgan fingerprint density at radius 3 is 2.57 bits per heavy atom. The quantitative estimate of drug-likeness (QED) is 0.723. The predicted molar refractivity (Wildman–Crippen MR) is 54.4 cm³/mol. The van der Waals surface area contributed by atoms with E-state index in [1.165, 1.54) is 13.8 Å². The Morgan fingerprint density at radius 1 is 1.43 bits per heavy atom. The standard InChI is InChI=1S/C11H15NO2/c1-7-4-5-11(12-9(3)14)10(6-7)8(2)13/h4-5,7H,6H2,1-3H3,(H,12,14). The normalized spacial score (nSPS) is 20.9. The largest absolute Gasteiger partial charge is 0.326 e. The van der Waals surface area contributed by atoms with Gasteiger partial charge in [-0.2, -0.15) is 0 Å². The van der Waals surface area contributed by atoms with Crippen molar-refractivity contribution in [2.75, 3.05) is 0 Å². The van der Waals surface area contributed by atoms with Crippen molar-refractivity contribution in [1.29, 1.82) is 0 Å². The van der Waals surface area contributed by atoms with E-state index < -0.39 is 0 Å². The van der Waals surface area contributed by atoms with Gasteiger partial charge in [0, 0.05) is 18.2 Å². The second-order valence-corrected chi connectivity index (χ2v) is 3.67. The van der Waals surface area contributed by atoms with Crippen molar-refractivity contribution in [1.82, 2.24) is 5.32 Å². The van der Waals surface area contributed by atoms with Crippen molar-refractivity contribution in [2.45, 2.75) is 27.2 Å². The number of allylic oxidation sites excluding steroid dienone is 3. The molecule has 3 heteroatoms. The highest BCUT2D eigenvalue weighted by Crippen LogP contribution is 2.22. The van der Waals surface area contributed by atoms with Crippen LogP contribution in [0.4, 0.5) is 0 Å². The van der Waals surface area contributed by atoms with E-state index in [1.54, 1.807) is 0 Å². The molecule has 0 bridgehead atoms. The van der Waals surface area contributed by atoms with Crippen molar-refractivity contribution in [3.05, 3.63) is 23.4 Å². The van der Waals surface area contributed by atoms with E-state index in [-0.39, 0.29) is 11.7 Å². The van der Waals surface area contributed by atoms with Gasteiger partial charge in [0.15, 0.2) is 5.78 Å². The fourth-order valence-electron chi connectivity index (χ4n) is 1.50. The molecule has 0 fully saturated rings. The molecule has 1 aliphatic rings. The van der Waals surface area contributed by atoms with E-state index in [9.17, 15) is 9.59 Å². The Hall–Kier alpha value is -1.38. The van der Waals surface area contributed by atoms with Gasteiger partial charge in [-0.1, -0.05) is 13.0 Å². The molecule has 1 aliphatic carbocycles. The number of carbonyl (C=O) groups excluding carboxylic acids is 2. The van der Waals surface area contributed by atoms with Crippen molar-refractivity contribution in [3.63, 3.8) is 0 Å². The summed E-state index contributed by atoms with van der Waals surface area (Å²) in [6.45, 7) is 5.02. The number of hydrogen-bond donors (Lipinski definition) is 1. The van der Waals surface area contributed by atoms with Gasteiger partial charge in [0.1, 0.15) is 0 Å². The second-order valence-electron chi connectivity index (χ2n) is 3.67. The lowest BCUT2D eigenvalue weighted by atomic mass is 9.92. The maximum Gasteiger partial charge on any atom is 0.221 e. The number of amides is 1. The molecule has 1 N–H and O–H groups in total. The second kappa shape index (κ2) is 4.22. The number of ketones is 1. The first-order chi connectivity index (χ1) is 6.50. The topological polar surface area (TPSA) is 46.2 Å². The van der Waals surface area contributed by atoms with Crippen LogP contribution in [0.25, 0.3) is 0 Å². The predicted octanol–water partition coefficient (Wildman–Crippen LogP) is 1.56. The minimum Gasteiger partial charge on any atom is -0.326 e. The van der Waals surface area contributed by atoms with E-state index in [2.05, 4.69) is 5.32 Å². The van der Waals surface area contributed by atoms with Gasteiger partial charge in [-0.05, 0) is 25.3 Å². The summed E-state index contributed by atoms with van der Waals surface area (Å²) in [5.41, 5.74) is 1.37. The number of Topliss-reactive ketones (excluding diaryl/α,β-unsaturated/α-hetero) is 1. The highest BCUT2D eigenvalue weighted by molar-refractivity contribution is 5.95. The average molecular weight is 193 g/mol. The summed E-state index contributed by atoms with van der Waals surface area (Å²) in [7, 11) is 0. The molecule has 3 nitrogen and oxygen atoms in total. The van der Waals surface area contributed by atoms with Crippen LogP contribution < -0.4 is 5.32 Å². The summed E-state index contributed by atoms with van der Waals surface area (Å²) in [4.78, 5) is 22.2. The van der Waals surface area contributed by atoms with Crippen molar-refractivity contribution in [3.8, 4) is 0 Å². The van der Waals surface area contributed by atoms with E-state index in [4.69, 9.17) is 0 Å². The van der Waals surface area contributed by atoms with Crippen LogP contribution in [-0.2, 0) is 9.59 Å². The molecule has 0 radical (unpaired) electrons. The zero-order valence-corrected chi connectivity index (χ0v) is 8.76. The molecule has 1 unspecified atom stereocenters. The molecule has 1 rings (SSSR count). The molecule has 0 spiro atoms. The SMILES string of the molecule is CC(=O)NC1=C(C(C)=O)CC(C)C=C1. The lowest BCUT2D eigenvalue weighted by Gasteiger charge is -2.18. The van der Waals surface area contributed by atoms with Crippen LogP contribution in [0, 0.1) is 5.92 Å². The fourth-order valence-corrected chi connectivity index (χ4v) is 1.50. The molecule has 0 aliphatic heterocycles. The maximum absolute atomic E-state index is 11.3. The molecule has 76 valence electrons. The molecule has 14 heavy (non-hydrogen) atoms. The highest BCUT2D eigenvalue weighted by Gasteiger charge is 2.17. The van der Waals surface area contributed by atoms with Gasteiger partial charge < -0.3 is 5.32 Å². The Morgan fingerprint density at radius 2 is 2.07 bits per heavy atom. The molecular formula is C11H15NO2. The van der Waals surface area contributed by atoms with E-state index in [0.29, 0.717) is 18.0 Å². The van der Waals surface area contributed by atoms with Gasteiger partial charge in [0.25, 0.3) is 0 Å². The van der Waals surface area contributed by atoms with E-state index >= 15 is 0 Å². The molecule has 0 aromatic heterocycles. The van der Waals surface area contributed by atoms with Crippen LogP contribution in [0.2, 0.25) is 0 Å². The highest BCUT2D eigenvalue weighted by atomic mass is 16.1. The molecule has 0 heterocycles. The smallest absolute Gasteiger partial charge is 0.221 e. The van der Waals surface area contributed by atoms with Gasteiger partial charge in [-0.25, -0.2) is 0 Å². The average Bonchev–Trinajstić information content (AvgIpc) is 2.07. The summed E-state index contributed by atoms with van der Waals surface area (Å²) < 4.78 is 0. The van der Waals surface area contributed by atoms with Gasteiger partial charge in [-0.3, -0.25) is 9.59 Å². The van der Waals surface area contributed by atoms with Gasteiger partial charge in [-0.15, -0.1) is 0 Å². The molecule has 0 aromatic rings. The molecular weight excluding hydrogens is 178 g/mol. The zero-order valence-electron chi connectivity index (χ0n) is 8.76. The molecule has 0 aromatic carbocycles. The first-order valence-corrected chi connectivity index (χ1v) is 4.70. The van der Waals surface area contributed by atoms with Crippen LogP contribution >= 0.6 is 0 Å². The monoisotopic (exact) mass is 193 g/mol. The number of rotatable bonds is 2. The third-order valence-corrected chi connectivity index (χ3v) is 2.18. The van der Waals surface area contributed by atoms with Gasteiger partial charge >= 0.3 is 0 Å². The molecule has 1 amide bonds. The molecule has 0 saturated carbocycles. The fraction of sp³-hybridized carbons (Fsp3) is 0.455. The number of hydrogen-bond acceptors (Lipinski definition) is 2. The Labute approximate surface area is 83.9 Å². The number of nitrogens with one attached hydrogen (secondary N) is 1. The van der Waals surface area contributed by atoms with E-state index in [1.807, 2.05) is 19.1 Å².